The third-order valence-electron chi connectivity index (χ3n) is 5.41. The van der Waals surface area contributed by atoms with Crippen LogP contribution in [0.5, 0.6) is 5.75 Å². The first-order chi connectivity index (χ1) is 14.8. The van der Waals surface area contributed by atoms with Crippen molar-refractivity contribution in [3.05, 3.63) is 65.5 Å². The molecular formula is C27H30OS2. The maximum absolute atomic E-state index is 5.77. The van der Waals surface area contributed by atoms with Crippen LogP contribution in [0.25, 0.3) is 31.0 Å². The van der Waals surface area contributed by atoms with Crippen LogP contribution >= 0.6 is 22.7 Å². The molecule has 0 amide bonds. The van der Waals surface area contributed by atoms with Crippen molar-refractivity contribution in [3.63, 3.8) is 0 Å². The Hall–Kier alpha value is -2.10. The Balaban J connectivity index is 1.43. The van der Waals surface area contributed by atoms with Gasteiger partial charge in [0.15, 0.2) is 0 Å². The number of ether oxygens (including phenoxy) is 1. The van der Waals surface area contributed by atoms with E-state index in [4.69, 9.17) is 4.74 Å². The van der Waals surface area contributed by atoms with Crippen molar-refractivity contribution in [2.24, 2.45) is 0 Å². The van der Waals surface area contributed by atoms with Gasteiger partial charge in [-0.05, 0) is 60.2 Å². The summed E-state index contributed by atoms with van der Waals surface area (Å²) in [7, 11) is 0. The molecule has 0 N–H and O–H groups in total. The number of hydrogen-bond acceptors (Lipinski definition) is 3. The van der Waals surface area contributed by atoms with Gasteiger partial charge in [0, 0.05) is 19.2 Å². The zero-order valence-electron chi connectivity index (χ0n) is 17.9. The quantitative estimate of drug-likeness (QED) is 0.226. The first kappa shape index (κ1) is 21.1. The van der Waals surface area contributed by atoms with E-state index < -0.39 is 0 Å². The SMILES string of the molecule is CCCCCc1cc2sc(-c3ccc(-c4ccc(OCCCC)cc4)cc3)cc2s1. The number of fused-ring (bicyclic) bond motifs is 1. The molecule has 2 aromatic carbocycles. The zero-order chi connectivity index (χ0) is 20.8. The van der Waals surface area contributed by atoms with Gasteiger partial charge < -0.3 is 4.74 Å². The lowest BCUT2D eigenvalue weighted by atomic mass is 10.0. The predicted molar refractivity (Wildman–Crippen MR) is 134 cm³/mol. The molecule has 0 bridgehead atoms. The summed E-state index contributed by atoms with van der Waals surface area (Å²) in [6, 6.07) is 22.2. The minimum atomic E-state index is 0.795. The monoisotopic (exact) mass is 434 g/mol. The number of rotatable bonds is 10. The van der Waals surface area contributed by atoms with Gasteiger partial charge in [0.25, 0.3) is 0 Å². The molecule has 1 nitrogen and oxygen atoms in total. The van der Waals surface area contributed by atoms with E-state index in [1.165, 1.54) is 61.5 Å². The molecule has 0 aliphatic rings. The second-order valence-electron chi connectivity index (χ2n) is 7.81. The van der Waals surface area contributed by atoms with Crippen LogP contribution in [0.3, 0.4) is 0 Å². The molecule has 0 unspecified atom stereocenters. The average molecular weight is 435 g/mol. The molecule has 4 aromatic rings. The van der Waals surface area contributed by atoms with E-state index in [0.29, 0.717) is 0 Å². The van der Waals surface area contributed by atoms with E-state index in [1.807, 2.05) is 22.7 Å². The summed E-state index contributed by atoms with van der Waals surface area (Å²) in [4.78, 5) is 2.90. The Labute approximate surface area is 188 Å². The highest BCUT2D eigenvalue weighted by atomic mass is 32.1. The molecule has 0 aliphatic heterocycles. The van der Waals surface area contributed by atoms with Gasteiger partial charge in [-0.1, -0.05) is 69.5 Å². The summed E-state index contributed by atoms with van der Waals surface area (Å²) in [6.07, 6.45) is 7.42. The van der Waals surface area contributed by atoms with Crippen LogP contribution in [-0.2, 0) is 6.42 Å². The molecule has 0 aliphatic carbocycles. The molecule has 4 rings (SSSR count). The highest BCUT2D eigenvalue weighted by molar-refractivity contribution is 7.29. The average Bonchev–Trinajstić information content (AvgIpc) is 3.34. The molecule has 0 atom stereocenters. The fraction of sp³-hybridized carbons (Fsp3) is 0.333. The Bertz CT molecular complexity index is 1020. The molecule has 0 radical (unpaired) electrons. The summed E-state index contributed by atoms with van der Waals surface area (Å²) in [5, 5.41) is 0. The second-order valence-corrected chi connectivity index (χ2v) is 10.1. The molecule has 30 heavy (non-hydrogen) atoms. The predicted octanol–water partition coefficient (Wildman–Crippen LogP) is 9.21. The van der Waals surface area contributed by atoms with Crippen LogP contribution in [0.4, 0.5) is 0 Å². The number of benzene rings is 2. The lowest BCUT2D eigenvalue weighted by Crippen LogP contribution is -1.95. The third kappa shape index (κ3) is 5.14. The Morgan fingerprint density at radius 2 is 1.30 bits per heavy atom. The Morgan fingerprint density at radius 3 is 1.97 bits per heavy atom. The van der Waals surface area contributed by atoms with E-state index in [9.17, 15) is 0 Å². The van der Waals surface area contributed by atoms with Crippen LogP contribution in [0.15, 0.2) is 60.7 Å². The topological polar surface area (TPSA) is 9.23 Å². The van der Waals surface area contributed by atoms with Crippen molar-refractivity contribution in [2.75, 3.05) is 6.61 Å². The van der Waals surface area contributed by atoms with Gasteiger partial charge in [0.2, 0.25) is 0 Å². The fourth-order valence-corrected chi connectivity index (χ4v) is 6.07. The van der Waals surface area contributed by atoms with Crippen molar-refractivity contribution in [1.82, 2.24) is 0 Å². The summed E-state index contributed by atoms with van der Waals surface area (Å²) < 4.78 is 8.64. The summed E-state index contributed by atoms with van der Waals surface area (Å²) in [6.45, 7) is 5.24. The number of thiophene rings is 2. The Kier molecular flexibility index (Phi) is 7.24. The van der Waals surface area contributed by atoms with Crippen molar-refractivity contribution in [3.8, 4) is 27.3 Å². The van der Waals surface area contributed by atoms with E-state index in [1.54, 1.807) is 0 Å². The maximum atomic E-state index is 5.77. The van der Waals surface area contributed by atoms with Crippen LogP contribution in [0, 0.1) is 0 Å². The van der Waals surface area contributed by atoms with Gasteiger partial charge in [-0.2, -0.15) is 0 Å². The van der Waals surface area contributed by atoms with Crippen molar-refractivity contribution < 1.29 is 4.74 Å². The minimum absolute atomic E-state index is 0.795. The van der Waals surface area contributed by atoms with E-state index in [0.717, 1.165) is 25.2 Å². The molecule has 0 saturated heterocycles. The van der Waals surface area contributed by atoms with Crippen LogP contribution in [0.1, 0.15) is 50.8 Å². The van der Waals surface area contributed by atoms with Crippen LogP contribution < -0.4 is 4.74 Å². The van der Waals surface area contributed by atoms with Crippen molar-refractivity contribution >= 4 is 32.1 Å². The van der Waals surface area contributed by atoms with Gasteiger partial charge >= 0.3 is 0 Å². The highest BCUT2D eigenvalue weighted by Crippen LogP contribution is 2.39. The first-order valence-electron chi connectivity index (χ1n) is 11.1. The molecule has 2 heterocycles. The summed E-state index contributed by atoms with van der Waals surface area (Å²) in [5.41, 5.74) is 3.78. The standard InChI is InChI=1S/C27H30OS2/c1-3-5-7-8-24-18-26-27(29-24)19-25(30-26)22-11-9-20(10-12-22)21-13-15-23(16-14-21)28-17-6-4-2/h9-16,18-19H,3-8,17H2,1-2H3. The van der Waals surface area contributed by atoms with E-state index in [2.05, 4.69) is 74.5 Å². The zero-order valence-corrected chi connectivity index (χ0v) is 19.6. The van der Waals surface area contributed by atoms with Gasteiger partial charge in [-0.25, -0.2) is 0 Å². The van der Waals surface area contributed by atoms with Crippen molar-refractivity contribution in [1.29, 1.82) is 0 Å². The molecular weight excluding hydrogens is 404 g/mol. The fourth-order valence-electron chi connectivity index (χ4n) is 3.61. The molecule has 0 saturated carbocycles. The normalized spacial score (nSPS) is 11.3. The second kappa shape index (κ2) is 10.3. The van der Waals surface area contributed by atoms with E-state index in [-0.39, 0.29) is 0 Å². The summed E-state index contributed by atoms with van der Waals surface area (Å²) >= 11 is 3.89. The smallest absolute Gasteiger partial charge is 0.119 e. The van der Waals surface area contributed by atoms with Crippen LogP contribution in [-0.4, -0.2) is 6.61 Å². The van der Waals surface area contributed by atoms with Crippen molar-refractivity contribution in [2.45, 2.75) is 52.4 Å². The third-order valence-corrected chi connectivity index (χ3v) is 7.81. The largest absolute Gasteiger partial charge is 0.494 e. The lowest BCUT2D eigenvalue weighted by Gasteiger charge is -2.07. The molecule has 2 aromatic heterocycles. The Morgan fingerprint density at radius 1 is 0.667 bits per heavy atom. The maximum Gasteiger partial charge on any atom is 0.119 e. The number of unbranched alkanes of at least 4 members (excludes halogenated alkanes) is 3. The molecule has 0 fully saturated rings. The van der Waals surface area contributed by atoms with Gasteiger partial charge in [-0.15, -0.1) is 22.7 Å². The van der Waals surface area contributed by atoms with E-state index >= 15 is 0 Å². The molecule has 0 spiro atoms. The lowest BCUT2D eigenvalue weighted by molar-refractivity contribution is 0.309. The minimum Gasteiger partial charge on any atom is -0.494 e. The number of aryl methyl sites for hydroxylation is 1. The summed E-state index contributed by atoms with van der Waals surface area (Å²) in [5.74, 6) is 0.955. The highest BCUT2D eigenvalue weighted by Gasteiger charge is 2.09. The van der Waals surface area contributed by atoms with Gasteiger partial charge in [0.1, 0.15) is 5.75 Å². The van der Waals surface area contributed by atoms with Gasteiger partial charge in [-0.3, -0.25) is 0 Å². The molecule has 156 valence electrons. The number of hydrogen-bond donors (Lipinski definition) is 0. The first-order valence-corrected chi connectivity index (χ1v) is 12.8. The van der Waals surface area contributed by atoms with Gasteiger partial charge in [0.05, 0.1) is 6.61 Å². The molecule has 3 heteroatoms. The van der Waals surface area contributed by atoms with Crippen LogP contribution in [0.2, 0.25) is 0 Å².